The molecule has 0 radical (unpaired) electrons. The standard InChI is InChI=1S/C12H14NO2P/c1-14-11-5-8-3-4-13-10(7-16)9(8)6-12(11)15-2/h5-7,16H,3-4H2,1-2H3/p+1. The third-order valence-electron chi connectivity index (χ3n) is 2.71. The summed E-state index contributed by atoms with van der Waals surface area (Å²) in [6, 6.07) is 4.03. The molecule has 1 aromatic rings. The Kier molecular flexibility index (Phi) is 3.25. The van der Waals surface area contributed by atoms with Crippen LogP contribution in [0.15, 0.2) is 17.1 Å². The van der Waals surface area contributed by atoms with Crippen molar-refractivity contribution >= 4 is 20.4 Å². The summed E-state index contributed by atoms with van der Waals surface area (Å²) in [5.41, 5.74) is 3.41. The van der Waals surface area contributed by atoms with Crippen LogP contribution in [0.3, 0.4) is 0 Å². The highest BCUT2D eigenvalue weighted by molar-refractivity contribution is 7.22. The van der Waals surface area contributed by atoms with Crippen LogP contribution in [-0.2, 0) is 6.42 Å². The molecule has 3 nitrogen and oxygen atoms in total. The molecule has 1 unspecified atom stereocenters. The van der Waals surface area contributed by atoms with E-state index in [9.17, 15) is 0 Å². The minimum Gasteiger partial charge on any atom is -0.493 e. The molecule has 0 bridgehead atoms. The smallest absolute Gasteiger partial charge is 0.161 e. The van der Waals surface area contributed by atoms with E-state index < -0.39 is 0 Å². The van der Waals surface area contributed by atoms with Crippen molar-refractivity contribution in [3.05, 3.63) is 23.3 Å². The van der Waals surface area contributed by atoms with Gasteiger partial charge in [0.1, 0.15) is 11.5 Å². The zero-order valence-electron chi connectivity index (χ0n) is 9.49. The zero-order valence-corrected chi connectivity index (χ0v) is 10.6. The molecule has 1 aliphatic heterocycles. The first kappa shape index (κ1) is 11.2. The van der Waals surface area contributed by atoms with Crippen LogP contribution in [0.5, 0.6) is 11.5 Å². The average Bonchev–Trinajstić information content (AvgIpc) is 2.36. The number of benzene rings is 1. The number of hydrogen-bond donors (Lipinski definition) is 0. The molecule has 84 valence electrons. The fourth-order valence-corrected chi connectivity index (χ4v) is 2.18. The van der Waals surface area contributed by atoms with Gasteiger partial charge >= 0.3 is 0 Å². The molecular weight excluding hydrogens is 221 g/mol. The van der Waals surface area contributed by atoms with E-state index in [1.165, 1.54) is 5.56 Å². The van der Waals surface area contributed by atoms with Crippen LogP contribution in [-0.4, -0.2) is 32.3 Å². The lowest BCUT2D eigenvalue weighted by molar-refractivity contribution is 0.354. The van der Waals surface area contributed by atoms with E-state index in [1.54, 1.807) is 14.2 Å². The first-order valence-corrected chi connectivity index (χ1v) is 5.81. The molecule has 0 aliphatic carbocycles. The third kappa shape index (κ3) is 1.83. The van der Waals surface area contributed by atoms with Gasteiger partial charge in [-0.05, 0) is 24.1 Å². The van der Waals surface area contributed by atoms with Gasteiger partial charge in [0, 0.05) is 12.1 Å². The Morgan fingerprint density at radius 3 is 2.56 bits per heavy atom. The number of hydrogen-bond acceptors (Lipinski definition) is 3. The monoisotopic (exact) mass is 236 g/mol. The van der Waals surface area contributed by atoms with Crippen LogP contribution in [0, 0.1) is 0 Å². The van der Waals surface area contributed by atoms with E-state index in [-0.39, 0.29) is 0 Å². The molecule has 0 spiro atoms. The van der Waals surface area contributed by atoms with Crippen molar-refractivity contribution in [3.8, 4) is 11.5 Å². The SMILES string of the molecule is COc1cc2c(cc1OC)C(C=[PH2+])=NCC2. The summed E-state index contributed by atoms with van der Waals surface area (Å²) in [7, 11) is 5.90. The fraction of sp³-hybridized carbons (Fsp3) is 0.333. The van der Waals surface area contributed by atoms with Gasteiger partial charge in [-0.2, -0.15) is 0 Å². The van der Waals surface area contributed by atoms with E-state index in [0.29, 0.717) is 0 Å². The predicted molar refractivity (Wildman–Crippen MR) is 70.4 cm³/mol. The number of nitrogens with zero attached hydrogens (tertiary/aromatic N) is 1. The summed E-state index contributed by atoms with van der Waals surface area (Å²) < 4.78 is 10.6. The molecular formula is C12H15NO2P+. The summed E-state index contributed by atoms with van der Waals surface area (Å²) in [4.78, 5) is 4.46. The minimum absolute atomic E-state index is 0.753. The number of fused-ring (bicyclic) bond motifs is 1. The topological polar surface area (TPSA) is 30.8 Å². The van der Waals surface area contributed by atoms with Gasteiger partial charge in [0.15, 0.2) is 11.5 Å². The number of rotatable bonds is 3. The molecule has 1 heterocycles. The Hall–Kier alpha value is -1.34. The molecule has 1 aliphatic rings. The molecule has 0 aromatic heterocycles. The van der Waals surface area contributed by atoms with Gasteiger partial charge in [0.05, 0.1) is 23.1 Å². The summed E-state index contributed by atoms with van der Waals surface area (Å²) >= 11 is 0. The second-order valence-corrected chi connectivity index (χ2v) is 3.88. The quantitative estimate of drug-likeness (QED) is 0.748. The molecule has 0 saturated carbocycles. The predicted octanol–water partition coefficient (Wildman–Crippen LogP) is 1.73. The number of aliphatic imine (C=N–C) groups is 1. The molecule has 0 amide bonds. The molecule has 0 N–H and O–H groups in total. The van der Waals surface area contributed by atoms with E-state index >= 15 is 0 Å². The molecule has 0 saturated heterocycles. The Balaban J connectivity index is 2.56. The van der Waals surface area contributed by atoms with Crippen LogP contribution < -0.4 is 9.47 Å². The van der Waals surface area contributed by atoms with E-state index in [1.807, 2.05) is 17.9 Å². The normalized spacial score (nSPS) is 13.8. The van der Waals surface area contributed by atoms with E-state index in [4.69, 9.17) is 9.47 Å². The highest BCUT2D eigenvalue weighted by atomic mass is 31.0. The summed E-state index contributed by atoms with van der Waals surface area (Å²) in [6.45, 7) is 0.836. The summed E-state index contributed by atoms with van der Waals surface area (Å²) in [6.07, 6.45) is 0.956. The Labute approximate surface area is 97.3 Å². The molecule has 1 aromatic carbocycles. The van der Waals surface area contributed by atoms with Crippen molar-refractivity contribution in [2.24, 2.45) is 4.99 Å². The van der Waals surface area contributed by atoms with E-state index in [2.05, 4.69) is 13.9 Å². The zero-order chi connectivity index (χ0) is 11.5. The third-order valence-corrected chi connectivity index (χ3v) is 3.02. The molecule has 16 heavy (non-hydrogen) atoms. The van der Waals surface area contributed by atoms with Crippen molar-refractivity contribution in [2.45, 2.75) is 6.42 Å². The van der Waals surface area contributed by atoms with Gasteiger partial charge < -0.3 is 9.47 Å². The largest absolute Gasteiger partial charge is 0.493 e. The first-order chi connectivity index (χ1) is 7.80. The van der Waals surface area contributed by atoms with Crippen LogP contribution >= 0.6 is 8.86 Å². The maximum absolute atomic E-state index is 5.29. The molecule has 2 rings (SSSR count). The van der Waals surface area contributed by atoms with Gasteiger partial charge in [-0.15, -0.1) is 0 Å². The Morgan fingerprint density at radius 2 is 1.94 bits per heavy atom. The van der Waals surface area contributed by atoms with Crippen LogP contribution in [0.25, 0.3) is 0 Å². The average molecular weight is 236 g/mol. The summed E-state index contributed by atoms with van der Waals surface area (Å²) in [5.74, 6) is 3.48. The van der Waals surface area contributed by atoms with Gasteiger partial charge in [0.2, 0.25) is 0 Å². The van der Waals surface area contributed by atoms with Crippen molar-refractivity contribution in [1.29, 1.82) is 0 Å². The number of methoxy groups -OCH3 is 2. The first-order valence-electron chi connectivity index (χ1n) is 5.14. The van der Waals surface area contributed by atoms with Crippen molar-refractivity contribution in [2.75, 3.05) is 20.8 Å². The second kappa shape index (κ2) is 4.67. The Morgan fingerprint density at radius 1 is 1.25 bits per heavy atom. The van der Waals surface area contributed by atoms with Crippen molar-refractivity contribution < 1.29 is 9.47 Å². The van der Waals surface area contributed by atoms with Crippen LogP contribution in [0.4, 0.5) is 0 Å². The maximum Gasteiger partial charge on any atom is 0.161 e. The lowest BCUT2D eigenvalue weighted by Gasteiger charge is -2.16. The van der Waals surface area contributed by atoms with Crippen molar-refractivity contribution in [1.82, 2.24) is 0 Å². The lowest BCUT2D eigenvalue weighted by Crippen LogP contribution is -2.13. The van der Waals surface area contributed by atoms with Crippen LogP contribution in [0.2, 0.25) is 0 Å². The minimum atomic E-state index is 0.753. The van der Waals surface area contributed by atoms with E-state index in [0.717, 1.165) is 35.7 Å². The molecule has 0 fully saturated rings. The van der Waals surface area contributed by atoms with Gasteiger partial charge in [0.25, 0.3) is 0 Å². The van der Waals surface area contributed by atoms with Crippen molar-refractivity contribution in [3.63, 3.8) is 0 Å². The Bertz CT molecular complexity index is 455. The molecule has 1 atom stereocenters. The van der Waals surface area contributed by atoms with Gasteiger partial charge in [-0.3, -0.25) is 4.99 Å². The van der Waals surface area contributed by atoms with Gasteiger partial charge in [-0.1, -0.05) is 0 Å². The maximum atomic E-state index is 5.29. The highest BCUT2D eigenvalue weighted by Crippen LogP contribution is 2.32. The highest BCUT2D eigenvalue weighted by Gasteiger charge is 2.17. The van der Waals surface area contributed by atoms with Crippen LogP contribution in [0.1, 0.15) is 11.1 Å². The fourth-order valence-electron chi connectivity index (χ4n) is 1.89. The second-order valence-electron chi connectivity index (χ2n) is 3.55. The molecule has 4 heteroatoms. The summed E-state index contributed by atoms with van der Waals surface area (Å²) in [5, 5.41) is 0. The lowest BCUT2D eigenvalue weighted by atomic mass is 9.97. The number of ether oxygens (including phenoxy) is 2. The van der Waals surface area contributed by atoms with Gasteiger partial charge in [-0.25, -0.2) is 0 Å².